The highest BCUT2D eigenvalue weighted by atomic mass is 16.2. The van der Waals surface area contributed by atoms with Gasteiger partial charge in [0.15, 0.2) is 0 Å². The fourth-order valence-electron chi connectivity index (χ4n) is 1.98. The quantitative estimate of drug-likeness (QED) is 0.660. The van der Waals surface area contributed by atoms with Crippen LogP contribution in [0.1, 0.15) is 38.5 Å². The van der Waals surface area contributed by atoms with Crippen LogP contribution in [0.2, 0.25) is 0 Å². The van der Waals surface area contributed by atoms with E-state index in [1.54, 1.807) is 0 Å². The largest absolute Gasteiger partial charge is 0.351 e. The van der Waals surface area contributed by atoms with Crippen LogP contribution < -0.4 is 10.6 Å². The smallest absolute Gasteiger partial charge is 0.267 e. The Hall–Kier alpha value is -1.72. The first-order valence-corrected chi connectivity index (χ1v) is 6.47. The molecule has 2 amide bonds. The standard InChI is InChI=1S/C12H18N4O2/c17-11-9(5-1-3-7-13-11)15-16-10-6-2-4-8-14-12(10)18/h1-8H2,(H,13,17)(H,14,18). The second-order valence-electron chi connectivity index (χ2n) is 4.52. The third-order valence-corrected chi connectivity index (χ3v) is 3.07. The van der Waals surface area contributed by atoms with Crippen molar-refractivity contribution in [2.45, 2.75) is 38.5 Å². The van der Waals surface area contributed by atoms with Crippen molar-refractivity contribution in [2.75, 3.05) is 13.1 Å². The number of hydrogen-bond donors (Lipinski definition) is 2. The lowest BCUT2D eigenvalue weighted by atomic mass is 10.2. The van der Waals surface area contributed by atoms with Crippen molar-refractivity contribution in [1.29, 1.82) is 0 Å². The van der Waals surface area contributed by atoms with Crippen molar-refractivity contribution in [3.63, 3.8) is 0 Å². The molecule has 0 aromatic heterocycles. The highest BCUT2D eigenvalue weighted by molar-refractivity contribution is 6.40. The SMILES string of the molecule is O=C1NCCCCC1=NN=C1CCCCNC1=O. The summed E-state index contributed by atoms with van der Waals surface area (Å²) in [5.41, 5.74) is 0.856. The zero-order valence-corrected chi connectivity index (χ0v) is 10.4. The van der Waals surface area contributed by atoms with Crippen LogP contribution in [0, 0.1) is 0 Å². The summed E-state index contributed by atoms with van der Waals surface area (Å²) < 4.78 is 0. The molecule has 6 nitrogen and oxygen atoms in total. The molecule has 98 valence electrons. The summed E-state index contributed by atoms with van der Waals surface area (Å²) in [6, 6.07) is 0. The molecule has 0 atom stereocenters. The number of hydrogen-bond acceptors (Lipinski definition) is 4. The van der Waals surface area contributed by atoms with E-state index in [4.69, 9.17) is 0 Å². The predicted molar refractivity (Wildman–Crippen MR) is 68.6 cm³/mol. The monoisotopic (exact) mass is 250 g/mol. The molecular weight excluding hydrogens is 232 g/mol. The normalized spacial score (nSPS) is 26.4. The molecule has 0 radical (unpaired) electrons. The highest BCUT2D eigenvalue weighted by Gasteiger charge is 2.17. The third kappa shape index (κ3) is 3.38. The lowest BCUT2D eigenvalue weighted by Gasteiger charge is -2.01. The van der Waals surface area contributed by atoms with Crippen molar-refractivity contribution >= 4 is 23.2 Å². The van der Waals surface area contributed by atoms with Gasteiger partial charge < -0.3 is 10.6 Å². The maximum absolute atomic E-state index is 11.6. The molecule has 2 rings (SSSR count). The van der Waals surface area contributed by atoms with Gasteiger partial charge in [0.25, 0.3) is 11.8 Å². The van der Waals surface area contributed by atoms with Gasteiger partial charge in [-0.25, -0.2) is 0 Å². The second-order valence-corrected chi connectivity index (χ2v) is 4.52. The topological polar surface area (TPSA) is 82.9 Å². The third-order valence-electron chi connectivity index (χ3n) is 3.07. The lowest BCUT2D eigenvalue weighted by molar-refractivity contribution is -0.115. The maximum atomic E-state index is 11.6. The Kier molecular flexibility index (Phi) is 4.44. The van der Waals surface area contributed by atoms with Crippen LogP contribution in [0.25, 0.3) is 0 Å². The molecular formula is C12H18N4O2. The molecule has 2 fully saturated rings. The first-order valence-electron chi connectivity index (χ1n) is 6.47. The predicted octanol–water partition coefficient (Wildman–Crippen LogP) is 0.384. The summed E-state index contributed by atoms with van der Waals surface area (Å²) >= 11 is 0. The van der Waals surface area contributed by atoms with Gasteiger partial charge in [-0.1, -0.05) is 0 Å². The van der Waals surface area contributed by atoms with Gasteiger partial charge in [-0.15, -0.1) is 10.2 Å². The molecule has 2 aliphatic rings. The average molecular weight is 250 g/mol. The molecule has 6 heteroatoms. The van der Waals surface area contributed by atoms with Crippen LogP contribution in [0.5, 0.6) is 0 Å². The highest BCUT2D eigenvalue weighted by Crippen LogP contribution is 2.06. The zero-order valence-electron chi connectivity index (χ0n) is 10.4. The van der Waals surface area contributed by atoms with Gasteiger partial charge in [0.2, 0.25) is 0 Å². The Morgan fingerprint density at radius 3 is 1.61 bits per heavy atom. The van der Waals surface area contributed by atoms with E-state index in [2.05, 4.69) is 20.8 Å². The number of amides is 2. The number of nitrogens with zero attached hydrogens (tertiary/aromatic N) is 2. The Bertz CT molecular complexity index is 363. The first kappa shape index (κ1) is 12.7. The van der Waals surface area contributed by atoms with Gasteiger partial charge in [-0.2, -0.15) is 0 Å². The summed E-state index contributed by atoms with van der Waals surface area (Å²) in [6.45, 7) is 1.38. The fourth-order valence-corrected chi connectivity index (χ4v) is 1.98. The Balaban J connectivity index is 2.10. The van der Waals surface area contributed by atoms with Crippen molar-refractivity contribution in [2.24, 2.45) is 10.2 Å². The average Bonchev–Trinajstić information content (AvgIpc) is 2.68. The van der Waals surface area contributed by atoms with Crippen LogP contribution in [-0.4, -0.2) is 36.3 Å². The molecule has 2 aliphatic heterocycles. The summed E-state index contributed by atoms with van der Waals surface area (Å²) in [6.07, 6.45) is 5.03. The van der Waals surface area contributed by atoms with Gasteiger partial charge in [0.1, 0.15) is 11.4 Å². The van der Waals surface area contributed by atoms with Crippen LogP contribution in [0.15, 0.2) is 10.2 Å². The van der Waals surface area contributed by atoms with Crippen LogP contribution in [0.3, 0.4) is 0 Å². The van der Waals surface area contributed by atoms with Crippen LogP contribution >= 0.6 is 0 Å². The van der Waals surface area contributed by atoms with E-state index in [-0.39, 0.29) is 11.8 Å². The summed E-state index contributed by atoms with van der Waals surface area (Å²) in [4.78, 5) is 23.2. The molecule has 18 heavy (non-hydrogen) atoms. The van der Waals surface area contributed by atoms with Crippen molar-refractivity contribution in [3.8, 4) is 0 Å². The minimum absolute atomic E-state index is 0.161. The van der Waals surface area contributed by atoms with Crippen molar-refractivity contribution in [1.82, 2.24) is 10.6 Å². The van der Waals surface area contributed by atoms with Crippen LogP contribution in [-0.2, 0) is 9.59 Å². The maximum Gasteiger partial charge on any atom is 0.267 e. The molecule has 2 saturated heterocycles. The van der Waals surface area contributed by atoms with E-state index < -0.39 is 0 Å². The molecule has 0 aliphatic carbocycles. The molecule has 2 heterocycles. The molecule has 0 spiro atoms. The van der Waals surface area contributed by atoms with Gasteiger partial charge in [0.05, 0.1) is 0 Å². The van der Waals surface area contributed by atoms with Gasteiger partial charge in [0, 0.05) is 13.1 Å². The minimum atomic E-state index is -0.161. The van der Waals surface area contributed by atoms with Gasteiger partial charge in [-0.05, 0) is 38.5 Å². The Morgan fingerprint density at radius 2 is 1.17 bits per heavy atom. The van der Waals surface area contributed by atoms with E-state index in [1.807, 2.05) is 0 Å². The van der Waals surface area contributed by atoms with E-state index in [1.165, 1.54) is 0 Å². The zero-order chi connectivity index (χ0) is 12.8. The fraction of sp³-hybridized carbons (Fsp3) is 0.667. The summed E-state index contributed by atoms with van der Waals surface area (Å²) in [5.74, 6) is -0.322. The molecule has 2 N–H and O–H groups in total. The van der Waals surface area contributed by atoms with E-state index in [9.17, 15) is 9.59 Å². The number of carbonyl (C=O) groups excluding carboxylic acids is 2. The Morgan fingerprint density at radius 1 is 0.722 bits per heavy atom. The minimum Gasteiger partial charge on any atom is -0.351 e. The van der Waals surface area contributed by atoms with E-state index in [0.29, 0.717) is 37.4 Å². The van der Waals surface area contributed by atoms with Crippen molar-refractivity contribution in [3.05, 3.63) is 0 Å². The first-order chi connectivity index (χ1) is 8.77. The molecule has 0 aromatic carbocycles. The molecule has 0 saturated carbocycles. The molecule has 0 aromatic rings. The van der Waals surface area contributed by atoms with Gasteiger partial charge >= 0.3 is 0 Å². The summed E-state index contributed by atoms with van der Waals surface area (Å²) in [7, 11) is 0. The summed E-state index contributed by atoms with van der Waals surface area (Å²) in [5, 5.41) is 13.5. The van der Waals surface area contributed by atoms with Gasteiger partial charge in [-0.3, -0.25) is 9.59 Å². The number of nitrogens with one attached hydrogen (secondary N) is 2. The van der Waals surface area contributed by atoms with Crippen molar-refractivity contribution < 1.29 is 9.59 Å². The number of carbonyl (C=O) groups is 2. The van der Waals surface area contributed by atoms with E-state index in [0.717, 1.165) is 25.7 Å². The lowest BCUT2D eigenvalue weighted by Crippen LogP contribution is -2.30. The molecule has 0 unspecified atom stereocenters. The Labute approximate surface area is 106 Å². The van der Waals surface area contributed by atoms with Crippen LogP contribution in [0.4, 0.5) is 0 Å². The number of rotatable bonds is 1. The van der Waals surface area contributed by atoms with E-state index >= 15 is 0 Å². The second kappa shape index (κ2) is 6.28. The molecule has 0 bridgehead atoms.